The van der Waals surface area contributed by atoms with Crippen LogP contribution in [0.1, 0.15) is 29.8 Å². The molecule has 0 unspecified atom stereocenters. The SMILES string of the molecule is CC(=O)Oc1cc(C(=O)O)cc(OC(C)=O)c1OCc1ccccc1. The van der Waals surface area contributed by atoms with Crippen molar-refractivity contribution in [2.75, 3.05) is 0 Å². The molecule has 0 saturated heterocycles. The Labute approximate surface area is 143 Å². The Hall–Kier alpha value is -3.35. The molecule has 0 aliphatic carbocycles. The molecule has 7 nitrogen and oxygen atoms in total. The Kier molecular flexibility index (Phi) is 5.73. The van der Waals surface area contributed by atoms with Gasteiger partial charge in [0.2, 0.25) is 5.75 Å². The third-order valence-corrected chi connectivity index (χ3v) is 3.00. The van der Waals surface area contributed by atoms with Gasteiger partial charge in [0, 0.05) is 13.8 Å². The van der Waals surface area contributed by atoms with Gasteiger partial charge in [-0.2, -0.15) is 0 Å². The molecule has 0 saturated carbocycles. The van der Waals surface area contributed by atoms with Crippen LogP contribution in [-0.2, 0) is 16.2 Å². The van der Waals surface area contributed by atoms with Crippen LogP contribution in [-0.4, -0.2) is 23.0 Å². The summed E-state index contributed by atoms with van der Waals surface area (Å²) in [5.41, 5.74) is 0.618. The van der Waals surface area contributed by atoms with Crippen LogP contribution in [0.25, 0.3) is 0 Å². The fourth-order valence-electron chi connectivity index (χ4n) is 2.03. The summed E-state index contributed by atoms with van der Waals surface area (Å²) in [6.07, 6.45) is 0. The molecule has 2 aromatic rings. The Balaban J connectivity index is 2.45. The zero-order chi connectivity index (χ0) is 18.4. The van der Waals surface area contributed by atoms with Crippen LogP contribution in [0.5, 0.6) is 17.2 Å². The second-order valence-corrected chi connectivity index (χ2v) is 5.07. The summed E-state index contributed by atoms with van der Waals surface area (Å²) in [5.74, 6) is -2.91. The zero-order valence-electron chi connectivity index (χ0n) is 13.6. The van der Waals surface area contributed by atoms with E-state index in [1.165, 1.54) is 13.8 Å². The summed E-state index contributed by atoms with van der Waals surface area (Å²) in [4.78, 5) is 33.9. The highest BCUT2D eigenvalue weighted by Crippen LogP contribution is 2.39. The Morgan fingerprint density at radius 2 is 1.44 bits per heavy atom. The summed E-state index contributed by atoms with van der Waals surface area (Å²) in [5, 5.41) is 9.18. The fraction of sp³-hybridized carbons (Fsp3) is 0.167. The quantitative estimate of drug-likeness (QED) is 0.635. The molecule has 130 valence electrons. The first kappa shape index (κ1) is 18.0. The fourth-order valence-corrected chi connectivity index (χ4v) is 2.03. The van der Waals surface area contributed by atoms with Crippen molar-refractivity contribution in [1.82, 2.24) is 0 Å². The predicted octanol–water partition coefficient (Wildman–Crippen LogP) is 2.81. The number of ether oxygens (including phenoxy) is 3. The summed E-state index contributed by atoms with van der Waals surface area (Å²) in [6, 6.07) is 11.4. The molecule has 2 rings (SSSR count). The van der Waals surface area contributed by atoms with Gasteiger partial charge in [0.15, 0.2) is 11.5 Å². The van der Waals surface area contributed by atoms with Crippen molar-refractivity contribution in [2.24, 2.45) is 0 Å². The number of rotatable bonds is 6. The predicted molar refractivity (Wildman–Crippen MR) is 86.8 cm³/mol. The molecule has 0 heterocycles. The lowest BCUT2D eigenvalue weighted by Crippen LogP contribution is -2.10. The van der Waals surface area contributed by atoms with Crippen molar-refractivity contribution < 1.29 is 33.7 Å². The van der Waals surface area contributed by atoms with Gasteiger partial charge in [-0.05, 0) is 17.7 Å². The highest BCUT2D eigenvalue weighted by atomic mass is 16.6. The summed E-state index contributed by atoms with van der Waals surface area (Å²) < 4.78 is 15.7. The van der Waals surface area contributed by atoms with E-state index in [1.54, 1.807) is 0 Å². The topological polar surface area (TPSA) is 99.1 Å². The van der Waals surface area contributed by atoms with Crippen molar-refractivity contribution in [3.8, 4) is 17.2 Å². The maximum Gasteiger partial charge on any atom is 0.335 e. The van der Waals surface area contributed by atoms with E-state index in [1.807, 2.05) is 30.3 Å². The van der Waals surface area contributed by atoms with Crippen LogP contribution in [0.3, 0.4) is 0 Å². The van der Waals surface area contributed by atoms with Gasteiger partial charge >= 0.3 is 17.9 Å². The summed E-state index contributed by atoms with van der Waals surface area (Å²) >= 11 is 0. The molecule has 25 heavy (non-hydrogen) atoms. The standard InChI is InChI=1S/C18H16O7/c1-11(19)24-15-8-14(18(21)22)9-16(25-12(2)20)17(15)23-10-13-6-4-3-5-7-13/h3-9H,10H2,1-2H3,(H,21,22). The molecule has 1 N–H and O–H groups in total. The lowest BCUT2D eigenvalue weighted by molar-refractivity contribution is -0.132. The smallest absolute Gasteiger partial charge is 0.335 e. The van der Waals surface area contributed by atoms with Crippen molar-refractivity contribution in [3.05, 3.63) is 53.6 Å². The van der Waals surface area contributed by atoms with Crippen molar-refractivity contribution in [2.45, 2.75) is 20.5 Å². The molecular weight excluding hydrogens is 328 g/mol. The van der Waals surface area contributed by atoms with E-state index >= 15 is 0 Å². The lowest BCUT2D eigenvalue weighted by atomic mass is 10.1. The van der Waals surface area contributed by atoms with Gasteiger partial charge in [-0.15, -0.1) is 0 Å². The molecular formula is C18H16O7. The van der Waals surface area contributed by atoms with Crippen LogP contribution in [0.15, 0.2) is 42.5 Å². The second-order valence-electron chi connectivity index (χ2n) is 5.07. The number of esters is 2. The monoisotopic (exact) mass is 344 g/mol. The normalized spacial score (nSPS) is 10.0. The third kappa shape index (κ3) is 5.07. The molecule has 0 radical (unpaired) electrons. The average Bonchev–Trinajstić information content (AvgIpc) is 2.53. The minimum absolute atomic E-state index is 0.0285. The number of carbonyl (C=O) groups is 3. The number of carbonyl (C=O) groups excluding carboxylic acids is 2. The largest absolute Gasteiger partial charge is 0.482 e. The molecule has 0 spiro atoms. The van der Waals surface area contributed by atoms with E-state index in [4.69, 9.17) is 14.2 Å². The van der Waals surface area contributed by atoms with E-state index in [0.717, 1.165) is 17.7 Å². The molecule has 0 aliphatic heterocycles. The molecule has 0 fully saturated rings. The number of carboxylic acids is 1. The first-order valence-corrected chi connectivity index (χ1v) is 7.31. The summed E-state index contributed by atoms with van der Waals surface area (Å²) in [6.45, 7) is 2.44. The van der Waals surface area contributed by atoms with Crippen LogP contribution < -0.4 is 14.2 Å². The number of carboxylic acid groups (broad SMARTS) is 1. The average molecular weight is 344 g/mol. The first-order valence-electron chi connectivity index (χ1n) is 7.31. The second kappa shape index (κ2) is 7.96. The Morgan fingerprint density at radius 3 is 1.88 bits per heavy atom. The van der Waals surface area contributed by atoms with Gasteiger partial charge in [0.25, 0.3) is 0 Å². The van der Waals surface area contributed by atoms with E-state index in [9.17, 15) is 19.5 Å². The molecule has 0 aromatic heterocycles. The van der Waals surface area contributed by atoms with Gasteiger partial charge in [-0.1, -0.05) is 30.3 Å². The molecule has 2 aromatic carbocycles. The van der Waals surface area contributed by atoms with Gasteiger partial charge in [-0.25, -0.2) is 4.79 Å². The van der Waals surface area contributed by atoms with Crippen molar-refractivity contribution in [1.29, 1.82) is 0 Å². The highest BCUT2D eigenvalue weighted by molar-refractivity contribution is 5.90. The first-order chi connectivity index (χ1) is 11.9. The Morgan fingerprint density at radius 1 is 0.920 bits per heavy atom. The van der Waals surface area contributed by atoms with E-state index in [0.29, 0.717) is 0 Å². The number of benzene rings is 2. The maximum absolute atomic E-state index is 11.3. The highest BCUT2D eigenvalue weighted by Gasteiger charge is 2.21. The molecule has 0 aliphatic rings. The van der Waals surface area contributed by atoms with Crippen LogP contribution in [0.2, 0.25) is 0 Å². The molecule has 0 atom stereocenters. The van der Waals surface area contributed by atoms with Gasteiger partial charge in [0.05, 0.1) is 5.56 Å². The summed E-state index contributed by atoms with van der Waals surface area (Å²) in [7, 11) is 0. The zero-order valence-corrected chi connectivity index (χ0v) is 13.6. The van der Waals surface area contributed by atoms with E-state index in [-0.39, 0.29) is 29.4 Å². The molecule has 0 amide bonds. The Bertz CT molecular complexity index is 759. The number of hydrogen-bond donors (Lipinski definition) is 1. The van der Waals surface area contributed by atoms with Gasteiger partial charge in [0.1, 0.15) is 6.61 Å². The van der Waals surface area contributed by atoms with E-state index in [2.05, 4.69) is 0 Å². The lowest BCUT2D eigenvalue weighted by Gasteiger charge is -2.15. The van der Waals surface area contributed by atoms with E-state index < -0.39 is 17.9 Å². The third-order valence-electron chi connectivity index (χ3n) is 3.00. The molecule has 0 bridgehead atoms. The minimum atomic E-state index is -1.27. The maximum atomic E-state index is 11.3. The van der Waals surface area contributed by atoms with Gasteiger partial charge in [-0.3, -0.25) is 9.59 Å². The van der Waals surface area contributed by atoms with Crippen LogP contribution in [0.4, 0.5) is 0 Å². The number of aromatic carboxylic acids is 1. The van der Waals surface area contributed by atoms with Crippen LogP contribution in [0, 0.1) is 0 Å². The van der Waals surface area contributed by atoms with Crippen LogP contribution >= 0.6 is 0 Å². The molecule has 7 heteroatoms. The van der Waals surface area contributed by atoms with Gasteiger partial charge < -0.3 is 19.3 Å². The number of hydrogen-bond acceptors (Lipinski definition) is 6. The van der Waals surface area contributed by atoms with Crippen molar-refractivity contribution >= 4 is 17.9 Å². The van der Waals surface area contributed by atoms with Crippen molar-refractivity contribution in [3.63, 3.8) is 0 Å². The minimum Gasteiger partial charge on any atom is -0.482 e.